The topological polar surface area (TPSA) is 118 Å². The fraction of sp³-hybridized carbons (Fsp3) is 0.444. The van der Waals surface area contributed by atoms with E-state index in [2.05, 4.69) is 40.7 Å². The molecule has 4 aromatic rings. The van der Waals surface area contributed by atoms with Crippen LogP contribution in [0.25, 0.3) is 11.0 Å². The Morgan fingerprint density at radius 1 is 1.06 bits per heavy atom. The number of amides is 1. The SMILES string of the molecule is CC(C)(C)OC(=O)N1CCN(c2ccc(Nc3nc(Cc4c(Cl)cccc4Cl)c4ncn(COCC[Si](C)(C)C)c4c3C#N)c(OC(F)(F)F)c2)CC1. The molecule has 284 valence electrons. The van der Waals surface area contributed by atoms with Crippen LogP contribution < -0.4 is 15.0 Å². The van der Waals surface area contributed by atoms with Gasteiger partial charge in [-0.25, -0.2) is 14.8 Å². The van der Waals surface area contributed by atoms with E-state index in [0.29, 0.717) is 70.8 Å². The van der Waals surface area contributed by atoms with Gasteiger partial charge in [0, 0.05) is 69.1 Å². The van der Waals surface area contributed by atoms with Crippen LogP contribution in [0.5, 0.6) is 5.75 Å². The first-order valence-corrected chi connectivity index (χ1v) is 21.5. The molecule has 1 aliphatic rings. The number of aromatic nitrogens is 3. The molecular weight excluding hydrogens is 750 g/mol. The van der Waals surface area contributed by atoms with Gasteiger partial charge in [-0.05, 0) is 56.6 Å². The molecule has 0 unspecified atom stereocenters. The summed E-state index contributed by atoms with van der Waals surface area (Å²) in [6.07, 6.45) is -3.83. The van der Waals surface area contributed by atoms with E-state index in [4.69, 9.17) is 37.7 Å². The van der Waals surface area contributed by atoms with Crippen LogP contribution >= 0.6 is 23.2 Å². The summed E-state index contributed by atoms with van der Waals surface area (Å²) < 4.78 is 59.2. The van der Waals surface area contributed by atoms with E-state index >= 15 is 0 Å². The number of ether oxygens (including phenoxy) is 3. The average molecular weight is 793 g/mol. The Morgan fingerprint density at radius 2 is 1.74 bits per heavy atom. The summed E-state index contributed by atoms with van der Waals surface area (Å²) in [6, 6.07) is 12.5. The maximum atomic E-state index is 13.8. The zero-order valence-electron chi connectivity index (χ0n) is 30.4. The van der Waals surface area contributed by atoms with E-state index in [-0.39, 0.29) is 30.2 Å². The molecule has 53 heavy (non-hydrogen) atoms. The minimum Gasteiger partial charge on any atom is -0.444 e. The van der Waals surface area contributed by atoms with Crippen molar-refractivity contribution in [3.8, 4) is 11.8 Å². The first-order chi connectivity index (χ1) is 24.8. The number of pyridine rings is 1. The molecule has 1 fully saturated rings. The number of nitriles is 1. The third kappa shape index (κ3) is 10.5. The van der Waals surface area contributed by atoms with Gasteiger partial charge in [-0.2, -0.15) is 5.26 Å². The van der Waals surface area contributed by atoms with E-state index in [0.717, 1.165) is 6.04 Å². The smallest absolute Gasteiger partial charge is 0.444 e. The Labute approximate surface area is 317 Å². The molecule has 2 aromatic carbocycles. The Balaban J connectivity index is 1.51. The molecule has 1 N–H and O–H groups in total. The zero-order chi connectivity index (χ0) is 38.7. The summed E-state index contributed by atoms with van der Waals surface area (Å²) in [5.74, 6) is -0.554. The van der Waals surface area contributed by atoms with E-state index in [1.165, 1.54) is 12.1 Å². The molecule has 1 saturated heterocycles. The van der Waals surface area contributed by atoms with E-state index in [1.807, 2.05) is 4.90 Å². The summed E-state index contributed by atoms with van der Waals surface area (Å²) in [6.45, 7) is 14.0. The van der Waals surface area contributed by atoms with Crippen molar-refractivity contribution < 1.29 is 32.2 Å². The number of imidazole rings is 1. The quantitative estimate of drug-likeness (QED) is 0.117. The predicted molar refractivity (Wildman–Crippen MR) is 202 cm³/mol. The van der Waals surface area contributed by atoms with Gasteiger partial charge in [0.05, 0.1) is 23.2 Å². The number of nitrogens with zero attached hydrogens (tertiary/aromatic N) is 6. The lowest BCUT2D eigenvalue weighted by Gasteiger charge is -2.37. The number of fused-ring (bicyclic) bond motifs is 1. The van der Waals surface area contributed by atoms with Crippen LogP contribution in [-0.4, -0.2) is 78.4 Å². The van der Waals surface area contributed by atoms with Crippen LogP contribution in [0.2, 0.25) is 35.7 Å². The number of anilines is 3. The van der Waals surface area contributed by atoms with Crippen molar-refractivity contribution in [2.45, 2.75) is 71.6 Å². The van der Waals surface area contributed by atoms with Crippen LogP contribution in [-0.2, 0) is 22.6 Å². The largest absolute Gasteiger partial charge is 0.573 e. The number of nitrogens with one attached hydrogen (secondary N) is 1. The monoisotopic (exact) mass is 791 g/mol. The van der Waals surface area contributed by atoms with Crippen LogP contribution in [0.15, 0.2) is 42.7 Å². The number of benzene rings is 2. The highest BCUT2D eigenvalue weighted by atomic mass is 35.5. The highest BCUT2D eigenvalue weighted by Crippen LogP contribution is 2.38. The molecule has 0 spiro atoms. The van der Waals surface area contributed by atoms with Crippen LogP contribution in [0, 0.1) is 11.3 Å². The van der Waals surface area contributed by atoms with Gasteiger partial charge in [-0.3, -0.25) is 0 Å². The fourth-order valence-electron chi connectivity index (χ4n) is 5.66. The Kier molecular flexibility index (Phi) is 12.1. The normalized spacial score (nSPS) is 14.0. The third-order valence-electron chi connectivity index (χ3n) is 8.32. The number of piperazine rings is 1. The lowest BCUT2D eigenvalue weighted by Crippen LogP contribution is -2.50. The van der Waals surface area contributed by atoms with Gasteiger partial charge in [0.1, 0.15) is 29.5 Å². The first-order valence-electron chi connectivity index (χ1n) is 17.0. The minimum atomic E-state index is -5.03. The van der Waals surface area contributed by atoms with E-state index in [1.54, 1.807) is 60.8 Å². The second-order valence-corrected chi connectivity index (χ2v) is 21.3. The van der Waals surface area contributed by atoms with Crippen LogP contribution in [0.4, 0.5) is 35.2 Å². The molecule has 5 rings (SSSR count). The number of carbonyl (C=O) groups is 1. The Bertz CT molecular complexity index is 1980. The van der Waals surface area contributed by atoms with Crippen molar-refractivity contribution in [1.29, 1.82) is 5.26 Å². The molecule has 2 aromatic heterocycles. The first kappa shape index (κ1) is 40.0. The van der Waals surface area contributed by atoms with Crippen LogP contribution in [0.3, 0.4) is 0 Å². The summed E-state index contributed by atoms with van der Waals surface area (Å²) >= 11 is 13.0. The maximum Gasteiger partial charge on any atom is 0.573 e. The number of hydrogen-bond acceptors (Lipinski definition) is 9. The molecule has 1 aliphatic heterocycles. The second kappa shape index (κ2) is 16.0. The van der Waals surface area contributed by atoms with E-state index < -0.39 is 31.9 Å². The van der Waals surface area contributed by atoms with Crippen molar-refractivity contribution in [3.63, 3.8) is 0 Å². The average Bonchev–Trinajstić information content (AvgIpc) is 3.48. The number of alkyl halides is 3. The molecule has 11 nitrogen and oxygen atoms in total. The standard InChI is InChI=1S/C36H42Cl2F3N7O4Si/c1-35(2,3)52-34(49)47-14-12-46(13-15-47)23-10-11-28(30(18-23)51-36(39,40)41)44-33-25(20-42)32-31(43-21-48(32)22-50-16-17-53(4,5)6)29(45-33)19-24-26(37)8-7-9-27(24)38/h7-11,18,21H,12-17,19,22H2,1-6H3,(H,44,45). The fourth-order valence-corrected chi connectivity index (χ4v) is 6.95. The number of carbonyl (C=O) groups excluding carboxylic acids is 1. The second-order valence-electron chi connectivity index (χ2n) is 14.8. The van der Waals surface area contributed by atoms with Crippen molar-refractivity contribution >= 4 is 65.6 Å². The highest BCUT2D eigenvalue weighted by molar-refractivity contribution is 6.76. The van der Waals surface area contributed by atoms with Crippen LogP contribution in [0.1, 0.15) is 37.6 Å². The molecule has 0 aliphatic carbocycles. The third-order valence-corrected chi connectivity index (χ3v) is 10.7. The summed E-state index contributed by atoms with van der Waals surface area (Å²) in [5, 5.41) is 14.2. The molecule has 17 heteroatoms. The lowest BCUT2D eigenvalue weighted by atomic mass is 10.1. The van der Waals surface area contributed by atoms with E-state index in [9.17, 15) is 23.2 Å². The maximum absolute atomic E-state index is 13.8. The van der Waals surface area contributed by atoms with Gasteiger partial charge in [0.25, 0.3) is 0 Å². The van der Waals surface area contributed by atoms with Crippen molar-refractivity contribution in [1.82, 2.24) is 19.4 Å². The summed E-state index contributed by atoms with van der Waals surface area (Å²) in [7, 11) is -1.38. The number of halogens is 5. The Hall–Kier alpha value is -4.23. The molecule has 0 saturated carbocycles. The lowest BCUT2D eigenvalue weighted by molar-refractivity contribution is -0.274. The van der Waals surface area contributed by atoms with Gasteiger partial charge in [0.15, 0.2) is 11.6 Å². The van der Waals surface area contributed by atoms with Gasteiger partial charge >= 0.3 is 12.5 Å². The molecule has 1 amide bonds. The number of rotatable bonds is 11. The minimum absolute atomic E-state index is 0.0206. The molecule has 0 bridgehead atoms. The van der Waals surface area contributed by atoms with Crippen molar-refractivity contribution in [3.05, 3.63) is 69.6 Å². The molecule has 0 radical (unpaired) electrons. The highest BCUT2D eigenvalue weighted by Gasteiger charge is 2.34. The summed E-state index contributed by atoms with van der Waals surface area (Å²) in [4.78, 5) is 25.3. The Morgan fingerprint density at radius 3 is 2.34 bits per heavy atom. The van der Waals surface area contributed by atoms with Gasteiger partial charge < -0.3 is 33.9 Å². The zero-order valence-corrected chi connectivity index (χ0v) is 32.9. The molecule has 0 atom stereocenters. The summed E-state index contributed by atoms with van der Waals surface area (Å²) in [5.41, 5.74) is 1.48. The van der Waals surface area contributed by atoms with Gasteiger partial charge in [-0.15, -0.1) is 13.2 Å². The predicted octanol–water partition coefficient (Wildman–Crippen LogP) is 9.21. The molecule has 3 heterocycles. The van der Waals surface area contributed by atoms with Crippen molar-refractivity contribution in [2.24, 2.45) is 0 Å². The molecular formula is C36H42Cl2F3N7O4Si. The number of hydrogen-bond donors (Lipinski definition) is 1. The van der Waals surface area contributed by atoms with Gasteiger partial charge in [0.2, 0.25) is 0 Å². The van der Waals surface area contributed by atoms with Gasteiger partial charge in [-0.1, -0.05) is 48.9 Å². The van der Waals surface area contributed by atoms with Crippen molar-refractivity contribution in [2.75, 3.05) is 43.0 Å².